The number of aromatic nitrogens is 3. The fraction of sp³-hybridized carbons (Fsp3) is 0. The van der Waals surface area contributed by atoms with Gasteiger partial charge < -0.3 is 8.98 Å². The van der Waals surface area contributed by atoms with Crippen molar-refractivity contribution in [2.24, 2.45) is 0 Å². The van der Waals surface area contributed by atoms with Crippen molar-refractivity contribution in [3.05, 3.63) is 224 Å². The van der Waals surface area contributed by atoms with Crippen LogP contribution >= 0.6 is 0 Å². The van der Waals surface area contributed by atoms with E-state index in [1.807, 2.05) is 24.3 Å². The number of hydrogen-bond donors (Lipinski definition) is 0. The highest BCUT2D eigenvalue weighted by Crippen LogP contribution is 2.42. The van der Waals surface area contributed by atoms with Crippen LogP contribution in [0.5, 0.6) is 0 Å². The van der Waals surface area contributed by atoms with E-state index < -0.39 is 0 Å². The van der Waals surface area contributed by atoms with Crippen molar-refractivity contribution < 1.29 is 4.42 Å². The van der Waals surface area contributed by atoms with Crippen LogP contribution < -0.4 is 0 Å². The van der Waals surface area contributed by atoms with E-state index in [2.05, 4.69) is 205 Å². The molecule has 62 heavy (non-hydrogen) atoms. The molecular formula is C58H37N3O. The average molecular weight is 792 g/mol. The van der Waals surface area contributed by atoms with E-state index in [-0.39, 0.29) is 0 Å². The number of rotatable bonds is 7. The topological polar surface area (TPSA) is 43.9 Å². The lowest BCUT2D eigenvalue weighted by molar-refractivity contribution is 0.667. The Balaban J connectivity index is 1.06. The van der Waals surface area contributed by atoms with Gasteiger partial charge in [-0.1, -0.05) is 170 Å². The minimum atomic E-state index is 0.643. The first-order valence-electron chi connectivity index (χ1n) is 21.0. The summed E-state index contributed by atoms with van der Waals surface area (Å²) in [5.41, 5.74) is 17.6. The first-order chi connectivity index (χ1) is 30.7. The fourth-order valence-corrected chi connectivity index (χ4v) is 9.07. The van der Waals surface area contributed by atoms with Crippen LogP contribution in [0.4, 0.5) is 0 Å². The standard InChI is InChI=1S/C58H37N3O/c1-4-16-38(17-5-1)41-22-12-25-45(34-41)55-57-56(49-28-10-11-31-53(49)62-57)60-58(59-55)46-26-13-24-44(35-46)48-29-15-30-52-54(48)50-37-43(40-20-8-3-9-21-40)32-33-51(50)61(52)47-27-14-23-42(36-47)39-18-6-2-7-19-39/h1-37H. The fourth-order valence-electron chi connectivity index (χ4n) is 9.07. The van der Waals surface area contributed by atoms with Crippen molar-refractivity contribution in [3.63, 3.8) is 0 Å². The van der Waals surface area contributed by atoms with Gasteiger partial charge in [-0.05, 0) is 99.1 Å². The Morgan fingerprint density at radius 2 is 0.919 bits per heavy atom. The third kappa shape index (κ3) is 6.08. The lowest BCUT2D eigenvalue weighted by Crippen LogP contribution is -1.95. The molecule has 0 N–H and O–H groups in total. The molecule has 4 nitrogen and oxygen atoms in total. The molecular weight excluding hydrogens is 755 g/mol. The normalized spacial score (nSPS) is 11.5. The van der Waals surface area contributed by atoms with E-state index in [1.165, 1.54) is 33.0 Å². The Morgan fingerprint density at radius 3 is 1.66 bits per heavy atom. The van der Waals surface area contributed by atoms with E-state index >= 15 is 0 Å². The van der Waals surface area contributed by atoms with E-state index in [0.29, 0.717) is 11.4 Å². The Labute approximate surface area is 358 Å². The molecule has 0 bridgehead atoms. The molecule has 12 rings (SSSR count). The summed E-state index contributed by atoms with van der Waals surface area (Å²) in [7, 11) is 0. The molecule has 0 radical (unpaired) electrons. The second kappa shape index (κ2) is 14.7. The Bertz CT molecular complexity index is 3620. The van der Waals surface area contributed by atoms with Crippen LogP contribution in [0.3, 0.4) is 0 Å². The third-order valence-electron chi connectivity index (χ3n) is 12.0. The van der Waals surface area contributed by atoms with Gasteiger partial charge in [-0.2, -0.15) is 0 Å². The average Bonchev–Trinajstić information content (AvgIpc) is 3.90. The predicted octanol–water partition coefficient (Wildman–Crippen LogP) is 15.5. The smallest absolute Gasteiger partial charge is 0.180 e. The van der Waals surface area contributed by atoms with Gasteiger partial charge in [0.05, 0.1) is 11.0 Å². The summed E-state index contributed by atoms with van der Waals surface area (Å²) in [4.78, 5) is 10.6. The summed E-state index contributed by atoms with van der Waals surface area (Å²) < 4.78 is 8.95. The molecule has 0 aliphatic carbocycles. The summed E-state index contributed by atoms with van der Waals surface area (Å²) in [5.74, 6) is 0.643. The van der Waals surface area contributed by atoms with Crippen LogP contribution in [-0.2, 0) is 0 Å². The van der Waals surface area contributed by atoms with Crippen molar-refractivity contribution in [3.8, 4) is 72.8 Å². The number of hydrogen-bond acceptors (Lipinski definition) is 3. The Kier molecular flexibility index (Phi) is 8.46. The van der Waals surface area contributed by atoms with Crippen LogP contribution in [0.15, 0.2) is 229 Å². The zero-order valence-electron chi connectivity index (χ0n) is 33.6. The Hall–Kier alpha value is -8.34. The summed E-state index contributed by atoms with van der Waals surface area (Å²) >= 11 is 0. The first kappa shape index (κ1) is 35.6. The molecule has 0 atom stereocenters. The van der Waals surface area contributed by atoms with Crippen molar-refractivity contribution >= 4 is 43.9 Å². The van der Waals surface area contributed by atoms with Gasteiger partial charge in [0.25, 0.3) is 0 Å². The predicted molar refractivity (Wildman–Crippen MR) is 256 cm³/mol. The number of benzene rings is 9. The molecule has 0 aliphatic heterocycles. The molecule has 0 saturated carbocycles. The zero-order valence-corrected chi connectivity index (χ0v) is 33.6. The SMILES string of the molecule is c1ccc(-c2cccc(-c3nc(-c4cccc(-c5cccc6c5c5cc(-c7ccccc7)ccc5n6-c5cccc(-c6ccccc6)c5)c4)nc4c3oc3ccccc34)c2)cc1. The summed E-state index contributed by atoms with van der Waals surface area (Å²) in [6, 6.07) is 79.4. The highest BCUT2D eigenvalue weighted by molar-refractivity contribution is 6.17. The molecule has 0 unspecified atom stereocenters. The molecule has 0 saturated heterocycles. The molecule has 0 fully saturated rings. The number of nitrogens with zero attached hydrogens (tertiary/aromatic N) is 3. The molecule has 290 valence electrons. The second-order valence-electron chi connectivity index (χ2n) is 15.7. The lowest BCUT2D eigenvalue weighted by Gasteiger charge is -2.12. The van der Waals surface area contributed by atoms with Gasteiger partial charge in [-0.3, -0.25) is 0 Å². The maximum absolute atomic E-state index is 6.54. The molecule has 3 aromatic heterocycles. The van der Waals surface area contributed by atoms with Gasteiger partial charge in [0.1, 0.15) is 16.8 Å². The summed E-state index contributed by atoms with van der Waals surface area (Å²) in [6.45, 7) is 0. The highest BCUT2D eigenvalue weighted by Gasteiger charge is 2.21. The van der Waals surface area contributed by atoms with E-state index in [9.17, 15) is 0 Å². The molecule has 4 heteroatoms. The minimum Gasteiger partial charge on any atom is -0.452 e. The number of furan rings is 1. The first-order valence-corrected chi connectivity index (χ1v) is 21.0. The van der Waals surface area contributed by atoms with Gasteiger partial charge in [0, 0.05) is 33.0 Å². The maximum atomic E-state index is 6.54. The molecule has 12 aromatic rings. The van der Waals surface area contributed by atoms with E-state index in [1.54, 1.807) is 0 Å². The second-order valence-corrected chi connectivity index (χ2v) is 15.7. The summed E-state index contributed by atoms with van der Waals surface area (Å²) in [6.07, 6.45) is 0. The molecule has 0 amide bonds. The van der Waals surface area contributed by atoms with Crippen LogP contribution in [0.25, 0.3) is 117 Å². The van der Waals surface area contributed by atoms with Crippen molar-refractivity contribution in [2.75, 3.05) is 0 Å². The lowest BCUT2D eigenvalue weighted by atomic mass is 9.96. The van der Waals surface area contributed by atoms with Crippen LogP contribution in [0.2, 0.25) is 0 Å². The van der Waals surface area contributed by atoms with Crippen LogP contribution in [0.1, 0.15) is 0 Å². The third-order valence-corrected chi connectivity index (χ3v) is 12.0. The van der Waals surface area contributed by atoms with E-state index in [4.69, 9.17) is 14.4 Å². The molecule has 9 aromatic carbocycles. The zero-order chi connectivity index (χ0) is 41.0. The molecule has 3 heterocycles. The number of para-hydroxylation sites is 1. The largest absolute Gasteiger partial charge is 0.452 e. The minimum absolute atomic E-state index is 0.643. The van der Waals surface area contributed by atoms with Gasteiger partial charge in [0.2, 0.25) is 0 Å². The Morgan fingerprint density at radius 1 is 0.355 bits per heavy atom. The van der Waals surface area contributed by atoms with Gasteiger partial charge in [0.15, 0.2) is 11.4 Å². The van der Waals surface area contributed by atoms with Crippen molar-refractivity contribution in [1.29, 1.82) is 0 Å². The molecule has 0 aliphatic rings. The molecule has 0 spiro atoms. The number of fused-ring (bicyclic) bond motifs is 6. The van der Waals surface area contributed by atoms with Crippen LogP contribution in [-0.4, -0.2) is 14.5 Å². The monoisotopic (exact) mass is 791 g/mol. The van der Waals surface area contributed by atoms with Gasteiger partial charge >= 0.3 is 0 Å². The van der Waals surface area contributed by atoms with Crippen molar-refractivity contribution in [2.45, 2.75) is 0 Å². The van der Waals surface area contributed by atoms with E-state index in [0.717, 1.165) is 72.3 Å². The summed E-state index contributed by atoms with van der Waals surface area (Å²) in [5, 5.41) is 3.35. The maximum Gasteiger partial charge on any atom is 0.180 e. The van der Waals surface area contributed by atoms with Crippen molar-refractivity contribution in [1.82, 2.24) is 14.5 Å². The van der Waals surface area contributed by atoms with Gasteiger partial charge in [-0.15, -0.1) is 0 Å². The quantitative estimate of drug-likeness (QED) is 0.161. The van der Waals surface area contributed by atoms with Gasteiger partial charge in [-0.25, -0.2) is 9.97 Å². The highest BCUT2D eigenvalue weighted by atomic mass is 16.3. The van der Waals surface area contributed by atoms with Crippen LogP contribution in [0, 0.1) is 0 Å².